The summed E-state index contributed by atoms with van der Waals surface area (Å²) in [4.78, 5) is 6.76. The van der Waals surface area contributed by atoms with Crippen molar-refractivity contribution >= 4 is 17.6 Å². The average molecular weight is 367 g/mol. The molecule has 1 aliphatic heterocycles. The van der Waals surface area contributed by atoms with E-state index >= 15 is 0 Å². The van der Waals surface area contributed by atoms with Gasteiger partial charge in [0, 0.05) is 44.9 Å². The summed E-state index contributed by atoms with van der Waals surface area (Å²) in [6, 6.07) is 8.64. The van der Waals surface area contributed by atoms with Crippen molar-refractivity contribution in [3.8, 4) is 0 Å². The van der Waals surface area contributed by atoms with Crippen LogP contribution in [0.5, 0.6) is 0 Å². The summed E-state index contributed by atoms with van der Waals surface area (Å²) in [6.07, 6.45) is 3.39. The fourth-order valence-electron chi connectivity index (χ4n) is 3.56. The number of guanidine groups is 1. The number of aliphatic imine (C=N–C) groups is 1. The maximum Gasteiger partial charge on any atom is 0.190 e. The van der Waals surface area contributed by atoms with Gasteiger partial charge in [-0.25, -0.2) is 0 Å². The van der Waals surface area contributed by atoms with Crippen molar-refractivity contribution in [3.05, 3.63) is 34.9 Å². The predicted molar refractivity (Wildman–Crippen MR) is 105 cm³/mol. The molecule has 5 nitrogen and oxygen atoms in total. The van der Waals surface area contributed by atoms with Crippen molar-refractivity contribution in [1.82, 2.24) is 15.5 Å². The van der Waals surface area contributed by atoms with Gasteiger partial charge in [-0.3, -0.25) is 9.89 Å². The Bertz CT molecular complexity index is 552. The molecule has 1 fully saturated rings. The summed E-state index contributed by atoms with van der Waals surface area (Å²) in [5.74, 6) is 1.38. The number of halogens is 1. The highest BCUT2D eigenvalue weighted by atomic mass is 35.5. The number of nitrogens with one attached hydrogen (secondary N) is 2. The first-order valence-corrected chi connectivity index (χ1v) is 9.42. The van der Waals surface area contributed by atoms with E-state index < -0.39 is 0 Å². The number of rotatable bonds is 7. The van der Waals surface area contributed by atoms with E-state index in [2.05, 4.69) is 39.7 Å². The van der Waals surface area contributed by atoms with Gasteiger partial charge in [-0.05, 0) is 56.5 Å². The summed E-state index contributed by atoms with van der Waals surface area (Å²) >= 11 is 6.22. The van der Waals surface area contributed by atoms with Crippen LogP contribution in [0.15, 0.2) is 29.3 Å². The maximum atomic E-state index is 6.22. The molecule has 1 aliphatic rings. The van der Waals surface area contributed by atoms with Crippen LogP contribution in [0.4, 0.5) is 0 Å². The molecule has 0 radical (unpaired) electrons. The molecule has 0 bridgehead atoms. The molecule has 2 N–H and O–H groups in total. The summed E-state index contributed by atoms with van der Waals surface area (Å²) in [6.45, 7) is 3.63. The third-order valence-corrected chi connectivity index (χ3v) is 5.01. The van der Waals surface area contributed by atoms with Crippen LogP contribution in [0.1, 0.15) is 30.9 Å². The standard InChI is InChI=1S/C19H31ClN4O/c1-21-19(22-10-6-12-25-3)23-14-16-8-5-11-24(2)18(16)15-7-4-9-17(20)13-15/h4,7,9,13,16,18H,5-6,8,10-12,14H2,1-3H3,(H2,21,22,23). The third kappa shape index (κ3) is 6.17. The maximum absolute atomic E-state index is 6.22. The second kappa shape index (κ2) is 10.6. The van der Waals surface area contributed by atoms with E-state index in [1.165, 1.54) is 18.4 Å². The second-order valence-electron chi connectivity index (χ2n) is 6.61. The smallest absolute Gasteiger partial charge is 0.190 e. The van der Waals surface area contributed by atoms with Crippen LogP contribution in [0, 0.1) is 5.92 Å². The van der Waals surface area contributed by atoms with Crippen molar-refractivity contribution in [2.45, 2.75) is 25.3 Å². The molecule has 2 unspecified atom stereocenters. The van der Waals surface area contributed by atoms with E-state index in [0.29, 0.717) is 12.0 Å². The predicted octanol–water partition coefficient (Wildman–Crippen LogP) is 2.92. The number of hydrogen-bond acceptors (Lipinski definition) is 3. The van der Waals surface area contributed by atoms with Crippen LogP contribution >= 0.6 is 11.6 Å². The molecular weight excluding hydrogens is 336 g/mol. The Kier molecular flexibility index (Phi) is 8.52. The second-order valence-corrected chi connectivity index (χ2v) is 7.05. The lowest BCUT2D eigenvalue weighted by Gasteiger charge is -2.40. The van der Waals surface area contributed by atoms with Crippen molar-refractivity contribution in [2.75, 3.05) is 47.4 Å². The van der Waals surface area contributed by atoms with Gasteiger partial charge in [0.15, 0.2) is 5.96 Å². The first-order valence-electron chi connectivity index (χ1n) is 9.05. The number of hydrogen-bond donors (Lipinski definition) is 2. The largest absolute Gasteiger partial charge is 0.385 e. The van der Waals surface area contributed by atoms with Crippen LogP contribution in [-0.2, 0) is 4.74 Å². The van der Waals surface area contributed by atoms with E-state index in [9.17, 15) is 0 Å². The van der Waals surface area contributed by atoms with Gasteiger partial charge in [0.25, 0.3) is 0 Å². The van der Waals surface area contributed by atoms with Gasteiger partial charge in [-0.15, -0.1) is 0 Å². The zero-order valence-corrected chi connectivity index (χ0v) is 16.4. The fourth-order valence-corrected chi connectivity index (χ4v) is 3.76. The van der Waals surface area contributed by atoms with E-state index in [-0.39, 0.29) is 0 Å². The molecule has 140 valence electrons. The average Bonchev–Trinajstić information content (AvgIpc) is 2.61. The third-order valence-electron chi connectivity index (χ3n) is 4.77. The lowest BCUT2D eigenvalue weighted by molar-refractivity contribution is 0.122. The minimum absolute atomic E-state index is 0.381. The van der Waals surface area contributed by atoms with Gasteiger partial charge in [-0.2, -0.15) is 0 Å². The summed E-state index contributed by atoms with van der Waals surface area (Å²) in [7, 11) is 5.74. The Labute approximate surface area is 156 Å². The minimum atomic E-state index is 0.381. The summed E-state index contributed by atoms with van der Waals surface area (Å²) in [5, 5.41) is 7.64. The van der Waals surface area contributed by atoms with E-state index in [4.69, 9.17) is 16.3 Å². The molecule has 2 atom stereocenters. The van der Waals surface area contributed by atoms with Crippen molar-refractivity contribution in [1.29, 1.82) is 0 Å². The number of methoxy groups -OCH3 is 1. The monoisotopic (exact) mass is 366 g/mol. The lowest BCUT2D eigenvalue weighted by atomic mass is 9.85. The first-order chi connectivity index (χ1) is 12.2. The van der Waals surface area contributed by atoms with Crippen molar-refractivity contribution in [3.63, 3.8) is 0 Å². The molecule has 6 heteroatoms. The number of nitrogens with zero attached hydrogens (tertiary/aromatic N) is 2. The molecule has 0 saturated carbocycles. The van der Waals surface area contributed by atoms with E-state index in [1.54, 1.807) is 7.11 Å². The van der Waals surface area contributed by atoms with Gasteiger partial charge in [0.05, 0.1) is 0 Å². The molecule has 0 aromatic heterocycles. The van der Waals surface area contributed by atoms with E-state index in [1.807, 2.05) is 19.2 Å². The van der Waals surface area contributed by atoms with Gasteiger partial charge in [0.2, 0.25) is 0 Å². The SMILES string of the molecule is CN=C(NCCCOC)NCC1CCCN(C)C1c1cccc(Cl)c1. The number of benzene rings is 1. The summed E-state index contributed by atoms with van der Waals surface area (Å²) in [5.41, 5.74) is 1.30. The van der Waals surface area contributed by atoms with Gasteiger partial charge < -0.3 is 15.4 Å². The molecular formula is C19H31ClN4O. The number of piperidine rings is 1. The normalized spacial score (nSPS) is 22.0. The Balaban J connectivity index is 1.95. The van der Waals surface area contributed by atoms with Crippen LogP contribution < -0.4 is 10.6 Å². The number of likely N-dealkylation sites (tertiary alicyclic amines) is 1. The fraction of sp³-hybridized carbons (Fsp3) is 0.632. The molecule has 25 heavy (non-hydrogen) atoms. The molecule has 1 aromatic rings. The first kappa shape index (κ1) is 20.0. The molecule has 1 aromatic carbocycles. The van der Waals surface area contributed by atoms with Gasteiger partial charge in [0.1, 0.15) is 0 Å². The quantitative estimate of drug-likeness (QED) is 0.442. The number of ether oxygens (including phenoxy) is 1. The lowest BCUT2D eigenvalue weighted by Crippen LogP contribution is -2.45. The van der Waals surface area contributed by atoms with Crippen LogP contribution in [0.25, 0.3) is 0 Å². The molecule has 0 amide bonds. The Morgan fingerprint density at radius 2 is 2.24 bits per heavy atom. The molecule has 0 spiro atoms. The van der Waals surface area contributed by atoms with E-state index in [0.717, 1.165) is 43.6 Å². The van der Waals surface area contributed by atoms with Crippen molar-refractivity contribution < 1.29 is 4.74 Å². The minimum Gasteiger partial charge on any atom is -0.385 e. The molecule has 2 rings (SSSR count). The van der Waals surface area contributed by atoms with Crippen LogP contribution in [0.3, 0.4) is 0 Å². The van der Waals surface area contributed by atoms with Crippen LogP contribution in [0.2, 0.25) is 5.02 Å². The zero-order chi connectivity index (χ0) is 18.1. The van der Waals surface area contributed by atoms with Gasteiger partial charge >= 0.3 is 0 Å². The highest BCUT2D eigenvalue weighted by molar-refractivity contribution is 6.30. The zero-order valence-electron chi connectivity index (χ0n) is 15.6. The Hall–Kier alpha value is -1.30. The highest BCUT2D eigenvalue weighted by Gasteiger charge is 2.30. The van der Waals surface area contributed by atoms with Crippen LogP contribution in [-0.4, -0.2) is 58.3 Å². The summed E-state index contributed by atoms with van der Waals surface area (Å²) < 4.78 is 5.08. The topological polar surface area (TPSA) is 48.9 Å². The Morgan fingerprint density at radius 1 is 1.40 bits per heavy atom. The van der Waals surface area contributed by atoms with Gasteiger partial charge in [-0.1, -0.05) is 23.7 Å². The Morgan fingerprint density at radius 3 is 2.96 bits per heavy atom. The molecule has 1 saturated heterocycles. The molecule has 0 aliphatic carbocycles. The van der Waals surface area contributed by atoms with Crippen molar-refractivity contribution in [2.24, 2.45) is 10.9 Å². The molecule has 1 heterocycles. The highest BCUT2D eigenvalue weighted by Crippen LogP contribution is 2.35.